The van der Waals surface area contributed by atoms with Crippen LogP contribution in [0.5, 0.6) is 0 Å². The Hall–Kier alpha value is 1.74. The van der Waals surface area contributed by atoms with Crippen molar-refractivity contribution in [3.8, 4) is 0 Å². The van der Waals surface area contributed by atoms with Crippen molar-refractivity contribution in [3.63, 3.8) is 0 Å². The summed E-state index contributed by atoms with van der Waals surface area (Å²) in [5, 5.41) is 7.12. The van der Waals surface area contributed by atoms with Crippen LogP contribution in [0.1, 0.15) is 33.1 Å². The number of hydrogen-bond donors (Lipinski definition) is 0. The monoisotopic (exact) mass is 388 g/mol. The second-order valence-corrected chi connectivity index (χ2v) is 15.6. The van der Waals surface area contributed by atoms with E-state index in [-0.39, 0.29) is 0 Å². The molecular formula is C12H20S2Se2. The SMILES string of the molecule is CC1C[Se]C23CCC(CC2SC(C)C[Se]3)S1. The van der Waals surface area contributed by atoms with Gasteiger partial charge < -0.3 is 0 Å². The number of fused-ring (bicyclic) bond motifs is 4. The third-order valence-electron chi connectivity index (χ3n) is 3.73. The molecule has 0 radical (unpaired) electrons. The van der Waals surface area contributed by atoms with Gasteiger partial charge in [0.05, 0.1) is 0 Å². The third kappa shape index (κ3) is 2.40. The molecular weight excluding hydrogens is 366 g/mol. The van der Waals surface area contributed by atoms with Gasteiger partial charge in [-0.05, 0) is 0 Å². The summed E-state index contributed by atoms with van der Waals surface area (Å²) >= 11 is 6.60. The van der Waals surface area contributed by atoms with Crippen molar-refractivity contribution in [1.82, 2.24) is 0 Å². The molecule has 5 atom stereocenters. The molecule has 0 aromatic carbocycles. The predicted molar refractivity (Wildman–Crippen MR) is 79.3 cm³/mol. The van der Waals surface area contributed by atoms with Gasteiger partial charge in [0.25, 0.3) is 0 Å². The summed E-state index contributed by atoms with van der Waals surface area (Å²) in [5.74, 6) is 0. The van der Waals surface area contributed by atoms with Gasteiger partial charge in [-0.2, -0.15) is 0 Å². The average Bonchev–Trinajstić information content (AvgIpc) is 2.24. The predicted octanol–water partition coefficient (Wildman–Crippen LogP) is 3.54. The Morgan fingerprint density at radius 2 is 1.75 bits per heavy atom. The maximum atomic E-state index is 2.48. The average molecular weight is 386 g/mol. The first kappa shape index (κ1) is 12.8. The van der Waals surface area contributed by atoms with Gasteiger partial charge in [0.2, 0.25) is 0 Å². The van der Waals surface area contributed by atoms with Crippen LogP contribution in [-0.4, -0.2) is 50.9 Å². The van der Waals surface area contributed by atoms with Crippen LogP contribution in [0.2, 0.25) is 13.9 Å². The molecule has 4 fully saturated rings. The maximum absolute atomic E-state index is 2.48. The standard InChI is InChI=1S/C12H20S2Se2/c1-8-6-15-12-4-3-10(13-8)5-11(12)14-9(2)7-16-12/h8-11H,3-7H2,1-2H3. The summed E-state index contributed by atoms with van der Waals surface area (Å²) in [6.07, 6.45) is 4.69. The minimum absolute atomic E-state index is 0.892. The van der Waals surface area contributed by atoms with Gasteiger partial charge in [-0.25, -0.2) is 0 Å². The van der Waals surface area contributed by atoms with E-state index in [1.165, 1.54) is 0 Å². The van der Waals surface area contributed by atoms with Crippen molar-refractivity contribution >= 4 is 53.4 Å². The topological polar surface area (TPSA) is 0 Å². The van der Waals surface area contributed by atoms with Crippen molar-refractivity contribution < 1.29 is 0 Å². The summed E-state index contributed by atoms with van der Waals surface area (Å²) in [5.41, 5.74) is 0. The van der Waals surface area contributed by atoms with Gasteiger partial charge in [-0.1, -0.05) is 0 Å². The van der Waals surface area contributed by atoms with Crippen molar-refractivity contribution in [3.05, 3.63) is 0 Å². The normalized spacial score (nSPS) is 52.9. The number of rotatable bonds is 0. The van der Waals surface area contributed by atoms with Crippen LogP contribution in [0.15, 0.2) is 0 Å². The Bertz CT molecular complexity index is 270. The summed E-state index contributed by atoms with van der Waals surface area (Å²) in [6.45, 7) is 4.94. The fourth-order valence-corrected chi connectivity index (χ4v) is 15.8. The minimum atomic E-state index is 0.892. The van der Waals surface area contributed by atoms with Crippen molar-refractivity contribution in [2.45, 2.75) is 68.0 Å². The van der Waals surface area contributed by atoms with E-state index in [2.05, 4.69) is 37.4 Å². The summed E-state index contributed by atoms with van der Waals surface area (Å²) in [6, 6.07) is 0. The first-order valence-corrected chi connectivity index (χ1v) is 12.3. The van der Waals surface area contributed by atoms with Gasteiger partial charge in [0.1, 0.15) is 0 Å². The molecule has 0 aromatic rings. The van der Waals surface area contributed by atoms with Crippen LogP contribution < -0.4 is 0 Å². The van der Waals surface area contributed by atoms with Crippen molar-refractivity contribution in [2.24, 2.45) is 0 Å². The molecule has 0 nitrogen and oxygen atoms in total. The van der Waals surface area contributed by atoms with E-state index < -0.39 is 0 Å². The first-order chi connectivity index (χ1) is 7.68. The van der Waals surface area contributed by atoms with Crippen LogP contribution in [0, 0.1) is 0 Å². The molecule has 1 saturated carbocycles. The molecule has 4 aliphatic rings. The molecule has 0 aromatic heterocycles. The van der Waals surface area contributed by atoms with E-state index >= 15 is 0 Å². The van der Waals surface area contributed by atoms with Gasteiger partial charge in [0.15, 0.2) is 0 Å². The van der Waals surface area contributed by atoms with E-state index in [1.54, 1.807) is 29.9 Å². The first-order valence-electron chi connectivity index (χ1n) is 6.27. The van der Waals surface area contributed by atoms with Crippen LogP contribution in [0.4, 0.5) is 0 Å². The van der Waals surface area contributed by atoms with Crippen molar-refractivity contribution in [2.75, 3.05) is 0 Å². The Morgan fingerprint density at radius 3 is 2.50 bits per heavy atom. The molecule has 92 valence electrons. The van der Waals surface area contributed by atoms with Gasteiger partial charge in [0, 0.05) is 0 Å². The van der Waals surface area contributed by atoms with Crippen LogP contribution >= 0.6 is 23.5 Å². The van der Waals surface area contributed by atoms with Gasteiger partial charge >= 0.3 is 121 Å². The summed E-state index contributed by atoms with van der Waals surface area (Å²) < 4.78 is 0.892. The zero-order chi connectivity index (χ0) is 11.2. The summed E-state index contributed by atoms with van der Waals surface area (Å²) in [4.78, 5) is 0. The molecule has 4 heteroatoms. The number of hydrogen-bond acceptors (Lipinski definition) is 2. The molecule has 4 rings (SSSR count). The van der Waals surface area contributed by atoms with E-state index in [9.17, 15) is 0 Å². The zero-order valence-corrected chi connectivity index (χ0v) is 15.0. The Balaban J connectivity index is 1.82. The second kappa shape index (κ2) is 5.02. The molecule has 3 heterocycles. The molecule has 1 spiro atoms. The Labute approximate surface area is 121 Å². The Kier molecular flexibility index (Phi) is 4.00. The third-order valence-corrected chi connectivity index (χ3v) is 17.8. The van der Waals surface area contributed by atoms with E-state index in [4.69, 9.17) is 0 Å². The van der Waals surface area contributed by atoms with Gasteiger partial charge in [-0.15, -0.1) is 0 Å². The molecule has 5 unspecified atom stereocenters. The van der Waals surface area contributed by atoms with E-state index in [1.807, 2.05) is 0 Å². The van der Waals surface area contributed by atoms with Crippen LogP contribution in [0.25, 0.3) is 0 Å². The Morgan fingerprint density at radius 1 is 1.06 bits per heavy atom. The zero-order valence-electron chi connectivity index (χ0n) is 9.98. The fraction of sp³-hybridized carbons (Fsp3) is 1.00. The van der Waals surface area contributed by atoms with Gasteiger partial charge in [-0.3, -0.25) is 0 Å². The van der Waals surface area contributed by atoms with Crippen LogP contribution in [0.3, 0.4) is 0 Å². The molecule has 1 aliphatic carbocycles. The molecule has 16 heavy (non-hydrogen) atoms. The molecule has 0 amide bonds. The molecule has 3 saturated heterocycles. The van der Waals surface area contributed by atoms with E-state index in [0.29, 0.717) is 0 Å². The number of thioether (sulfide) groups is 2. The quantitative estimate of drug-likeness (QED) is 0.584. The molecule has 2 bridgehead atoms. The molecule has 3 aliphatic heterocycles. The molecule has 0 N–H and O–H groups in total. The fourth-order valence-electron chi connectivity index (χ4n) is 2.92. The van der Waals surface area contributed by atoms with Crippen molar-refractivity contribution in [1.29, 1.82) is 0 Å². The summed E-state index contributed by atoms with van der Waals surface area (Å²) in [7, 11) is 0. The van der Waals surface area contributed by atoms with E-state index in [0.717, 1.165) is 54.1 Å². The van der Waals surface area contributed by atoms with Crippen LogP contribution in [-0.2, 0) is 0 Å². The second-order valence-electron chi connectivity index (χ2n) is 5.21.